The highest BCUT2D eigenvalue weighted by atomic mass is 32.1. The molecular weight excluding hydrogens is 282 g/mol. The Morgan fingerprint density at radius 2 is 2.15 bits per heavy atom. The van der Waals surface area contributed by atoms with E-state index in [0.717, 1.165) is 0 Å². The van der Waals surface area contributed by atoms with E-state index in [1.165, 1.54) is 17.4 Å². The van der Waals surface area contributed by atoms with Crippen molar-refractivity contribution in [2.24, 2.45) is 0 Å². The Labute approximate surface area is 118 Å². The number of hydrogen-bond acceptors (Lipinski definition) is 6. The minimum absolute atomic E-state index is 0.200. The number of aryl methyl sites for hydroxylation is 1. The molecule has 1 aromatic heterocycles. The van der Waals surface area contributed by atoms with E-state index in [9.17, 15) is 14.4 Å². The molecule has 0 aliphatic heterocycles. The van der Waals surface area contributed by atoms with Crippen molar-refractivity contribution in [3.8, 4) is 0 Å². The first-order valence-electron chi connectivity index (χ1n) is 5.98. The second kappa shape index (κ2) is 5.83. The lowest BCUT2D eigenvalue weighted by molar-refractivity contribution is 0.0977. The van der Waals surface area contributed by atoms with Crippen LogP contribution in [0.2, 0.25) is 0 Å². The SMILES string of the molecule is Cc1nc2c(s1)C(=O)C=C(NCCCNC(=O)O)C2=O. The maximum absolute atomic E-state index is 12.1. The molecule has 0 radical (unpaired) electrons. The van der Waals surface area contributed by atoms with E-state index >= 15 is 0 Å². The number of carbonyl (C=O) groups excluding carboxylic acids is 2. The Kier molecular flexibility index (Phi) is 4.14. The van der Waals surface area contributed by atoms with Crippen LogP contribution in [0.4, 0.5) is 4.79 Å². The van der Waals surface area contributed by atoms with Crippen molar-refractivity contribution in [2.75, 3.05) is 13.1 Å². The molecule has 0 saturated carbocycles. The zero-order valence-electron chi connectivity index (χ0n) is 10.7. The molecule has 1 amide bonds. The van der Waals surface area contributed by atoms with Crippen molar-refractivity contribution in [3.05, 3.63) is 27.4 Å². The molecule has 0 atom stereocenters. The van der Waals surface area contributed by atoms with Gasteiger partial charge in [-0.25, -0.2) is 9.78 Å². The molecule has 7 nitrogen and oxygen atoms in total. The van der Waals surface area contributed by atoms with Crippen molar-refractivity contribution in [1.82, 2.24) is 15.6 Å². The number of rotatable bonds is 5. The number of hydrogen-bond donors (Lipinski definition) is 3. The summed E-state index contributed by atoms with van der Waals surface area (Å²) in [5.74, 6) is -0.522. The van der Waals surface area contributed by atoms with Gasteiger partial charge in [0.05, 0.1) is 10.7 Å². The summed E-state index contributed by atoms with van der Waals surface area (Å²) in [5, 5.41) is 14.1. The summed E-state index contributed by atoms with van der Waals surface area (Å²) in [6.07, 6.45) is 0.691. The standard InChI is InChI=1S/C12H13N3O4S/c1-6-15-9-10(17)7(5-8(16)11(9)20-6)13-3-2-4-14-12(18)19/h5,13-14H,2-4H2,1H3,(H,18,19). The number of Topliss-reactive ketones (excluding diaryl/α,β-unsaturated/α-hetero) is 1. The third-order valence-corrected chi connectivity index (χ3v) is 3.62. The van der Waals surface area contributed by atoms with Gasteiger partial charge in [-0.1, -0.05) is 0 Å². The highest BCUT2D eigenvalue weighted by Gasteiger charge is 2.29. The van der Waals surface area contributed by atoms with Crippen molar-refractivity contribution in [2.45, 2.75) is 13.3 Å². The number of allylic oxidation sites excluding steroid dienone is 2. The van der Waals surface area contributed by atoms with Crippen molar-refractivity contribution in [1.29, 1.82) is 0 Å². The van der Waals surface area contributed by atoms with Crippen LogP contribution in [0.15, 0.2) is 11.8 Å². The maximum atomic E-state index is 12.1. The lowest BCUT2D eigenvalue weighted by Gasteiger charge is -2.12. The minimum atomic E-state index is -1.09. The predicted molar refractivity (Wildman–Crippen MR) is 72.2 cm³/mol. The fourth-order valence-corrected chi connectivity index (χ4v) is 2.60. The molecule has 2 rings (SSSR count). The zero-order chi connectivity index (χ0) is 14.7. The van der Waals surface area contributed by atoms with Crippen LogP contribution in [0.1, 0.15) is 31.6 Å². The van der Waals surface area contributed by atoms with Crippen LogP contribution in [-0.2, 0) is 0 Å². The van der Waals surface area contributed by atoms with Crippen LogP contribution in [0.5, 0.6) is 0 Å². The van der Waals surface area contributed by atoms with Gasteiger partial charge in [0.2, 0.25) is 5.78 Å². The number of fused-ring (bicyclic) bond motifs is 1. The lowest BCUT2D eigenvalue weighted by atomic mass is 10.0. The molecule has 0 saturated heterocycles. The van der Waals surface area contributed by atoms with Gasteiger partial charge in [-0.3, -0.25) is 9.59 Å². The second-order valence-corrected chi connectivity index (χ2v) is 5.38. The maximum Gasteiger partial charge on any atom is 0.404 e. The molecule has 0 fully saturated rings. The largest absolute Gasteiger partial charge is 0.465 e. The molecule has 3 N–H and O–H groups in total. The van der Waals surface area contributed by atoms with Crippen LogP contribution >= 0.6 is 11.3 Å². The van der Waals surface area contributed by atoms with Gasteiger partial charge >= 0.3 is 6.09 Å². The molecule has 1 aromatic rings. The molecule has 20 heavy (non-hydrogen) atoms. The number of ketones is 2. The van der Waals surface area contributed by atoms with Gasteiger partial charge in [0, 0.05) is 19.2 Å². The van der Waals surface area contributed by atoms with Crippen LogP contribution in [-0.4, -0.2) is 40.8 Å². The molecular formula is C12H13N3O4S. The van der Waals surface area contributed by atoms with Crippen molar-refractivity contribution >= 4 is 29.0 Å². The van der Waals surface area contributed by atoms with E-state index < -0.39 is 6.09 Å². The Balaban J connectivity index is 1.95. The number of nitrogens with zero attached hydrogens (tertiary/aromatic N) is 1. The van der Waals surface area contributed by atoms with E-state index in [-0.39, 0.29) is 29.5 Å². The second-order valence-electron chi connectivity index (χ2n) is 4.17. The Bertz CT molecular complexity index is 606. The molecule has 1 aliphatic carbocycles. The average Bonchev–Trinajstić information content (AvgIpc) is 2.77. The van der Waals surface area contributed by atoms with E-state index in [0.29, 0.717) is 22.9 Å². The summed E-state index contributed by atoms with van der Waals surface area (Å²) in [5.41, 5.74) is 0.411. The summed E-state index contributed by atoms with van der Waals surface area (Å²) in [6.45, 7) is 2.41. The van der Waals surface area contributed by atoms with Gasteiger partial charge in [0.25, 0.3) is 0 Å². The normalized spacial score (nSPS) is 13.8. The number of thiazole rings is 1. The van der Waals surface area contributed by atoms with Crippen molar-refractivity contribution in [3.63, 3.8) is 0 Å². The van der Waals surface area contributed by atoms with Gasteiger partial charge in [0.1, 0.15) is 10.6 Å². The summed E-state index contributed by atoms with van der Waals surface area (Å²) >= 11 is 1.21. The molecule has 0 spiro atoms. The molecule has 1 heterocycles. The highest BCUT2D eigenvalue weighted by molar-refractivity contribution is 7.14. The van der Waals surface area contributed by atoms with Crippen LogP contribution in [0.25, 0.3) is 0 Å². The van der Waals surface area contributed by atoms with Gasteiger partial charge < -0.3 is 15.7 Å². The Hall–Kier alpha value is -2.22. The molecule has 0 aromatic carbocycles. The lowest BCUT2D eigenvalue weighted by Crippen LogP contribution is -2.29. The first-order chi connectivity index (χ1) is 9.49. The van der Waals surface area contributed by atoms with Gasteiger partial charge in [-0.15, -0.1) is 11.3 Å². The third kappa shape index (κ3) is 3.02. The summed E-state index contributed by atoms with van der Waals surface area (Å²) in [6, 6.07) is 0. The number of amides is 1. The first kappa shape index (κ1) is 14.2. The summed E-state index contributed by atoms with van der Waals surface area (Å²) in [7, 11) is 0. The zero-order valence-corrected chi connectivity index (χ0v) is 11.5. The Morgan fingerprint density at radius 3 is 2.85 bits per heavy atom. The summed E-state index contributed by atoms with van der Waals surface area (Å²) in [4.78, 5) is 38.7. The quantitative estimate of drug-likeness (QED) is 0.698. The van der Waals surface area contributed by atoms with Crippen LogP contribution < -0.4 is 10.6 Å². The number of carbonyl (C=O) groups is 3. The fraction of sp³-hybridized carbons (Fsp3) is 0.333. The van der Waals surface area contributed by atoms with E-state index in [1.807, 2.05) is 0 Å². The van der Waals surface area contributed by atoms with Gasteiger partial charge in [-0.2, -0.15) is 0 Å². The van der Waals surface area contributed by atoms with Crippen molar-refractivity contribution < 1.29 is 19.5 Å². The topological polar surface area (TPSA) is 108 Å². The number of aromatic nitrogens is 1. The molecule has 0 bridgehead atoms. The minimum Gasteiger partial charge on any atom is -0.465 e. The predicted octanol–water partition coefficient (Wildman–Crippen LogP) is 0.962. The van der Waals surface area contributed by atoms with Gasteiger partial charge in [-0.05, 0) is 13.3 Å². The molecule has 1 aliphatic rings. The number of nitrogens with one attached hydrogen (secondary N) is 2. The van der Waals surface area contributed by atoms with E-state index in [4.69, 9.17) is 5.11 Å². The molecule has 106 valence electrons. The third-order valence-electron chi connectivity index (χ3n) is 2.64. The highest BCUT2D eigenvalue weighted by Crippen LogP contribution is 2.25. The average molecular weight is 295 g/mol. The smallest absolute Gasteiger partial charge is 0.404 e. The molecule has 0 unspecified atom stereocenters. The monoisotopic (exact) mass is 295 g/mol. The van der Waals surface area contributed by atoms with Crippen LogP contribution in [0, 0.1) is 6.92 Å². The molecule has 8 heteroatoms. The fourth-order valence-electron chi connectivity index (χ4n) is 1.78. The van der Waals surface area contributed by atoms with E-state index in [2.05, 4.69) is 15.6 Å². The summed E-state index contributed by atoms with van der Waals surface area (Å²) < 4.78 is 0. The van der Waals surface area contributed by atoms with E-state index in [1.54, 1.807) is 6.92 Å². The van der Waals surface area contributed by atoms with Gasteiger partial charge in [0.15, 0.2) is 5.78 Å². The Morgan fingerprint density at radius 1 is 1.40 bits per heavy atom. The first-order valence-corrected chi connectivity index (χ1v) is 6.79. The van der Waals surface area contributed by atoms with Crippen LogP contribution in [0.3, 0.4) is 0 Å². The number of carboxylic acid groups (broad SMARTS) is 1.